The van der Waals surface area contributed by atoms with E-state index < -0.39 is 0 Å². The Balaban J connectivity index is 1.33. The van der Waals surface area contributed by atoms with Crippen molar-refractivity contribution in [3.8, 4) is 11.4 Å². The predicted molar refractivity (Wildman–Crippen MR) is 127 cm³/mol. The number of amides is 1. The number of benzene rings is 1. The topological polar surface area (TPSA) is 78.7 Å². The van der Waals surface area contributed by atoms with E-state index in [0.717, 1.165) is 81.4 Å². The van der Waals surface area contributed by atoms with Gasteiger partial charge in [-0.1, -0.05) is 44.2 Å². The van der Waals surface area contributed by atoms with Crippen LogP contribution in [0, 0.1) is 5.92 Å². The van der Waals surface area contributed by atoms with Crippen LogP contribution in [0.3, 0.4) is 0 Å². The summed E-state index contributed by atoms with van der Waals surface area (Å²) in [6, 6.07) is 13.9. The molecule has 1 aromatic carbocycles. The van der Waals surface area contributed by atoms with Crippen molar-refractivity contribution in [1.82, 2.24) is 30.0 Å². The zero-order chi connectivity index (χ0) is 22.3. The van der Waals surface area contributed by atoms with E-state index >= 15 is 0 Å². The van der Waals surface area contributed by atoms with Gasteiger partial charge in [-0.15, -0.1) is 15.3 Å². The second kappa shape index (κ2) is 10.5. The van der Waals surface area contributed by atoms with Crippen molar-refractivity contribution < 1.29 is 4.79 Å². The Labute approximate surface area is 189 Å². The maximum Gasteiger partial charge on any atom is 0.223 e. The minimum Gasteiger partial charge on any atom is -0.356 e. The number of hydrogen-bond donors (Lipinski definition) is 1. The first-order valence-electron chi connectivity index (χ1n) is 11.7. The number of nitrogens with one attached hydrogen (secondary N) is 1. The highest BCUT2D eigenvalue weighted by atomic mass is 16.1. The molecule has 0 spiro atoms. The van der Waals surface area contributed by atoms with Crippen LogP contribution in [0.1, 0.15) is 33.1 Å². The number of rotatable bonds is 9. The van der Waals surface area contributed by atoms with E-state index in [-0.39, 0.29) is 11.8 Å². The SMILES string of the molecule is CCN(CC)CCCNC(=O)C1CCN(c2ccc3nnc(-c4ccccc4)n3n2)CC1. The van der Waals surface area contributed by atoms with Crippen LogP contribution in [-0.2, 0) is 4.79 Å². The average Bonchev–Trinajstić information content (AvgIpc) is 3.28. The molecule has 1 amide bonds. The molecule has 3 aromatic rings. The van der Waals surface area contributed by atoms with Gasteiger partial charge in [-0.2, -0.15) is 4.52 Å². The van der Waals surface area contributed by atoms with Gasteiger partial charge in [0.25, 0.3) is 0 Å². The molecule has 0 saturated carbocycles. The standard InChI is InChI=1S/C24H33N7O/c1-3-29(4-2)16-8-15-25-24(32)20-13-17-30(18-14-20)22-12-11-21-26-27-23(31(21)28-22)19-9-6-5-7-10-19/h5-7,9-12,20H,3-4,8,13-18H2,1-2H3,(H,25,32). The number of nitrogens with zero attached hydrogens (tertiary/aromatic N) is 6. The number of hydrogen-bond acceptors (Lipinski definition) is 6. The number of carbonyl (C=O) groups is 1. The van der Waals surface area contributed by atoms with Gasteiger partial charge in [0.1, 0.15) is 5.82 Å². The number of aromatic nitrogens is 4. The van der Waals surface area contributed by atoms with E-state index in [4.69, 9.17) is 5.10 Å². The number of anilines is 1. The number of carbonyl (C=O) groups excluding carboxylic acids is 1. The summed E-state index contributed by atoms with van der Waals surface area (Å²) in [6.45, 7) is 9.90. The molecule has 3 heterocycles. The summed E-state index contributed by atoms with van der Waals surface area (Å²) in [5.41, 5.74) is 1.72. The van der Waals surface area contributed by atoms with E-state index in [9.17, 15) is 4.79 Å². The molecule has 8 heteroatoms. The van der Waals surface area contributed by atoms with Crippen molar-refractivity contribution in [2.45, 2.75) is 33.1 Å². The second-order valence-corrected chi connectivity index (χ2v) is 8.28. The fraction of sp³-hybridized carbons (Fsp3) is 0.500. The van der Waals surface area contributed by atoms with E-state index in [2.05, 4.69) is 39.2 Å². The van der Waals surface area contributed by atoms with Gasteiger partial charge in [0.2, 0.25) is 5.91 Å². The molecule has 8 nitrogen and oxygen atoms in total. The largest absolute Gasteiger partial charge is 0.356 e. The van der Waals surface area contributed by atoms with Crippen LogP contribution in [0.5, 0.6) is 0 Å². The summed E-state index contributed by atoms with van der Waals surface area (Å²) in [4.78, 5) is 17.2. The fourth-order valence-electron chi connectivity index (χ4n) is 4.28. The lowest BCUT2D eigenvalue weighted by atomic mass is 9.96. The van der Waals surface area contributed by atoms with Gasteiger partial charge in [0.05, 0.1) is 0 Å². The molecule has 1 aliphatic rings. The summed E-state index contributed by atoms with van der Waals surface area (Å²) in [7, 11) is 0. The van der Waals surface area contributed by atoms with Crippen molar-refractivity contribution in [3.63, 3.8) is 0 Å². The summed E-state index contributed by atoms with van der Waals surface area (Å²) in [6.07, 6.45) is 2.68. The second-order valence-electron chi connectivity index (χ2n) is 8.28. The smallest absolute Gasteiger partial charge is 0.223 e. The van der Waals surface area contributed by atoms with Gasteiger partial charge in [-0.25, -0.2) is 0 Å². The van der Waals surface area contributed by atoms with Gasteiger partial charge in [-0.05, 0) is 51.0 Å². The maximum atomic E-state index is 12.6. The van der Waals surface area contributed by atoms with E-state index in [1.165, 1.54) is 0 Å². The molecule has 0 aliphatic carbocycles. The van der Waals surface area contributed by atoms with E-state index in [1.807, 2.05) is 42.5 Å². The van der Waals surface area contributed by atoms with Crippen LogP contribution in [-0.4, -0.2) is 69.9 Å². The first kappa shape index (κ1) is 22.2. The van der Waals surface area contributed by atoms with Crippen molar-refractivity contribution in [2.75, 3.05) is 44.2 Å². The minimum absolute atomic E-state index is 0.0817. The molecule has 170 valence electrons. The Morgan fingerprint density at radius 3 is 2.53 bits per heavy atom. The molecule has 4 rings (SSSR count). The summed E-state index contributed by atoms with van der Waals surface area (Å²) >= 11 is 0. The predicted octanol–water partition coefficient (Wildman–Crippen LogP) is 2.86. The van der Waals surface area contributed by atoms with Crippen molar-refractivity contribution in [2.24, 2.45) is 5.92 Å². The summed E-state index contributed by atoms with van der Waals surface area (Å²) in [5.74, 6) is 1.91. The third kappa shape index (κ3) is 5.07. The first-order chi connectivity index (χ1) is 15.7. The quantitative estimate of drug-likeness (QED) is 0.521. The third-order valence-electron chi connectivity index (χ3n) is 6.32. The van der Waals surface area contributed by atoms with Crippen molar-refractivity contribution in [1.29, 1.82) is 0 Å². The number of fused-ring (bicyclic) bond motifs is 1. The monoisotopic (exact) mass is 435 g/mol. The normalized spacial score (nSPS) is 14.9. The molecule has 1 fully saturated rings. The van der Waals surface area contributed by atoms with Crippen LogP contribution >= 0.6 is 0 Å². The molecule has 0 atom stereocenters. The molecule has 1 aliphatic heterocycles. The molecule has 32 heavy (non-hydrogen) atoms. The van der Waals surface area contributed by atoms with Gasteiger partial charge in [-0.3, -0.25) is 4.79 Å². The molecule has 0 radical (unpaired) electrons. The van der Waals surface area contributed by atoms with Crippen LogP contribution < -0.4 is 10.2 Å². The van der Waals surface area contributed by atoms with Crippen molar-refractivity contribution in [3.05, 3.63) is 42.5 Å². The Bertz CT molecular complexity index is 1010. The first-order valence-corrected chi connectivity index (χ1v) is 11.7. The molecular weight excluding hydrogens is 402 g/mol. The van der Waals surface area contributed by atoms with E-state index in [0.29, 0.717) is 0 Å². The Morgan fingerprint density at radius 1 is 1.06 bits per heavy atom. The zero-order valence-corrected chi connectivity index (χ0v) is 19.1. The highest BCUT2D eigenvalue weighted by Gasteiger charge is 2.26. The molecular formula is C24H33N7O. The highest BCUT2D eigenvalue weighted by Crippen LogP contribution is 2.24. The Morgan fingerprint density at radius 2 is 1.81 bits per heavy atom. The minimum atomic E-state index is 0.0817. The lowest BCUT2D eigenvalue weighted by Crippen LogP contribution is -2.41. The van der Waals surface area contributed by atoms with Crippen LogP contribution in [0.4, 0.5) is 5.82 Å². The molecule has 0 unspecified atom stereocenters. The molecule has 1 saturated heterocycles. The van der Waals surface area contributed by atoms with Crippen LogP contribution in [0.25, 0.3) is 17.0 Å². The third-order valence-corrected chi connectivity index (χ3v) is 6.32. The Kier molecular flexibility index (Phi) is 7.32. The molecule has 0 bridgehead atoms. The number of piperidine rings is 1. The highest BCUT2D eigenvalue weighted by molar-refractivity contribution is 5.79. The lowest BCUT2D eigenvalue weighted by Gasteiger charge is -2.32. The molecule has 2 aromatic heterocycles. The lowest BCUT2D eigenvalue weighted by molar-refractivity contribution is -0.125. The zero-order valence-electron chi connectivity index (χ0n) is 19.1. The van der Waals surface area contributed by atoms with Crippen LogP contribution in [0.2, 0.25) is 0 Å². The van der Waals surface area contributed by atoms with Gasteiger partial charge in [0.15, 0.2) is 11.5 Å². The van der Waals surface area contributed by atoms with Gasteiger partial charge >= 0.3 is 0 Å². The maximum absolute atomic E-state index is 12.6. The average molecular weight is 436 g/mol. The van der Waals surface area contributed by atoms with Crippen LogP contribution in [0.15, 0.2) is 42.5 Å². The van der Waals surface area contributed by atoms with Gasteiger partial charge in [0, 0.05) is 31.1 Å². The molecule has 1 N–H and O–H groups in total. The summed E-state index contributed by atoms with van der Waals surface area (Å²) in [5, 5.41) is 16.5. The van der Waals surface area contributed by atoms with Crippen molar-refractivity contribution >= 4 is 17.4 Å². The Hall–Kier alpha value is -3.00. The summed E-state index contributed by atoms with van der Waals surface area (Å²) < 4.78 is 1.80. The van der Waals surface area contributed by atoms with E-state index in [1.54, 1.807) is 4.52 Å². The fourth-order valence-corrected chi connectivity index (χ4v) is 4.28. The van der Waals surface area contributed by atoms with Gasteiger partial charge < -0.3 is 15.1 Å².